The van der Waals surface area contributed by atoms with Gasteiger partial charge >= 0.3 is 5.97 Å². The molecule has 80 valence electrons. The molecule has 1 aromatic rings. The van der Waals surface area contributed by atoms with E-state index in [1.807, 2.05) is 19.9 Å². The zero-order valence-corrected chi connectivity index (χ0v) is 10.2. The summed E-state index contributed by atoms with van der Waals surface area (Å²) in [5, 5.41) is 12.4. The lowest BCUT2D eigenvalue weighted by Gasteiger charge is -2.19. The van der Waals surface area contributed by atoms with Crippen LogP contribution in [0.5, 0.6) is 0 Å². The Hall–Kier alpha value is -1.03. The van der Waals surface area contributed by atoms with Crippen LogP contribution in [0.1, 0.15) is 29.8 Å². The lowest BCUT2D eigenvalue weighted by atomic mass is 9.84. The molecule has 0 saturated carbocycles. The van der Waals surface area contributed by atoms with Gasteiger partial charge in [0.2, 0.25) is 0 Å². The fourth-order valence-electron chi connectivity index (χ4n) is 2.05. The van der Waals surface area contributed by atoms with E-state index in [1.165, 1.54) is 0 Å². The zero-order valence-electron chi connectivity index (χ0n) is 8.60. The number of hydrogen-bond acceptors (Lipinski definition) is 2. The van der Waals surface area contributed by atoms with Crippen molar-refractivity contribution in [3.05, 3.63) is 27.7 Å². The molecule has 1 aliphatic heterocycles. The van der Waals surface area contributed by atoms with E-state index in [2.05, 4.69) is 21.2 Å². The van der Waals surface area contributed by atoms with Gasteiger partial charge in [0, 0.05) is 22.1 Å². The van der Waals surface area contributed by atoms with Crippen molar-refractivity contribution in [2.45, 2.75) is 19.3 Å². The number of rotatable bonds is 1. The normalized spacial score (nSPS) is 17.0. The summed E-state index contributed by atoms with van der Waals surface area (Å²) in [5.74, 6) is -0.871. The average molecular weight is 270 g/mol. The van der Waals surface area contributed by atoms with Crippen LogP contribution in [0.25, 0.3) is 0 Å². The molecule has 0 atom stereocenters. The first-order chi connectivity index (χ1) is 6.92. The third kappa shape index (κ3) is 1.63. The molecule has 0 radical (unpaired) electrons. The molecule has 0 aliphatic carbocycles. The molecule has 0 bridgehead atoms. The third-order valence-corrected chi connectivity index (χ3v) is 3.19. The van der Waals surface area contributed by atoms with Gasteiger partial charge in [-0.05, 0) is 17.7 Å². The molecule has 1 heterocycles. The highest BCUT2D eigenvalue weighted by molar-refractivity contribution is 9.10. The van der Waals surface area contributed by atoms with E-state index in [-0.39, 0.29) is 5.41 Å². The van der Waals surface area contributed by atoms with E-state index in [0.29, 0.717) is 5.56 Å². The quantitative estimate of drug-likeness (QED) is 0.825. The van der Waals surface area contributed by atoms with Gasteiger partial charge in [-0.15, -0.1) is 0 Å². The molecule has 0 aromatic heterocycles. The molecule has 2 N–H and O–H groups in total. The smallest absolute Gasteiger partial charge is 0.336 e. The molecule has 0 amide bonds. The van der Waals surface area contributed by atoms with Crippen LogP contribution in [0.15, 0.2) is 16.6 Å². The Morgan fingerprint density at radius 1 is 1.53 bits per heavy atom. The summed E-state index contributed by atoms with van der Waals surface area (Å²) in [4.78, 5) is 11.2. The van der Waals surface area contributed by atoms with E-state index < -0.39 is 5.97 Å². The van der Waals surface area contributed by atoms with E-state index >= 15 is 0 Å². The SMILES string of the molecule is CC1(C)CNc2cc(Br)cc(C(=O)O)c21. The number of carboxylic acids is 1. The molecule has 1 aromatic carbocycles. The number of carboxylic acid groups (broad SMARTS) is 1. The molecule has 3 nitrogen and oxygen atoms in total. The Bertz CT molecular complexity index is 440. The fraction of sp³-hybridized carbons (Fsp3) is 0.364. The number of anilines is 1. The largest absolute Gasteiger partial charge is 0.478 e. The van der Waals surface area contributed by atoms with Crippen LogP contribution in [0, 0.1) is 0 Å². The van der Waals surface area contributed by atoms with Gasteiger partial charge in [-0.25, -0.2) is 4.79 Å². The number of aromatic carboxylic acids is 1. The maximum atomic E-state index is 11.2. The highest BCUT2D eigenvalue weighted by Crippen LogP contribution is 2.40. The molecule has 0 fully saturated rings. The summed E-state index contributed by atoms with van der Waals surface area (Å²) in [7, 11) is 0. The van der Waals surface area contributed by atoms with Gasteiger partial charge in [0.1, 0.15) is 0 Å². The predicted molar refractivity (Wildman–Crippen MR) is 62.6 cm³/mol. The van der Waals surface area contributed by atoms with Crippen LogP contribution in [0.2, 0.25) is 0 Å². The van der Waals surface area contributed by atoms with Crippen LogP contribution in [0.3, 0.4) is 0 Å². The van der Waals surface area contributed by atoms with Crippen LogP contribution < -0.4 is 5.32 Å². The number of carbonyl (C=O) groups is 1. The maximum absolute atomic E-state index is 11.2. The minimum atomic E-state index is -0.871. The molecule has 15 heavy (non-hydrogen) atoms. The van der Waals surface area contributed by atoms with Crippen molar-refractivity contribution in [1.29, 1.82) is 0 Å². The third-order valence-electron chi connectivity index (χ3n) is 2.73. The number of fused-ring (bicyclic) bond motifs is 1. The van der Waals surface area contributed by atoms with Gasteiger partial charge in [-0.1, -0.05) is 29.8 Å². The second-order valence-electron chi connectivity index (χ2n) is 4.42. The first-order valence-corrected chi connectivity index (χ1v) is 5.52. The summed E-state index contributed by atoms with van der Waals surface area (Å²) in [5.41, 5.74) is 2.09. The van der Waals surface area contributed by atoms with Gasteiger partial charge < -0.3 is 10.4 Å². The first kappa shape index (κ1) is 10.5. The molecule has 4 heteroatoms. The highest BCUT2D eigenvalue weighted by atomic mass is 79.9. The van der Waals surface area contributed by atoms with Gasteiger partial charge in [-0.3, -0.25) is 0 Å². The van der Waals surface area contributed by atoms with Crippen LogP contribution in [0.4, 0.5) is 5.69 Å². The molecule has 0 saturated heterocycles. The molecule has 0 unspecified atom stereocenters. The molecule has 2 rings (SSSR count). The second-order valence-corrected chi connectivity index (χ2v) is 5.33. The van der Waals surface area contributed by atoms with E-state index in [4.69, 9.17) is 5.11 Å². The summed E-state index contributed by atoms with van der Waals surface area (Å²) >= 11 is 3.32. The van der Waals surface area contributed by atoms with Gasteiger partial charge in [0.25, 0.3) is 0 Å². The number of nitrogens with one attached hydrogen (secondary N) is 1. The first-order valence-electron chi connectivity index (χ1n) is 4.73. The van der Waals surface area contributed by atoms with Gasteiger partial charge in [0.15, 0.2) is 0 Å². The molecular formula is C11H12BrNO2. The Labute approximate surface area is 96.6 Å². The summed E-state index contributed by atoms with van der Waals surface area (Å²) in [6, 6.07) is 3.59. The van der Waals surface area contributed by atoms with Gasteiger partial charge in [0.05, 0.1) is 5.56 Å². The average Bonchev–Trinajstić information content (AvgIpc) is 2.41. The van der Waals surface area contributed by atoms with Crippen molar-refractivity contribution >= 4 is 27.6 Å². The topological polar surface area (TPSA) is 49.3 Å². The number of hydrogen-bond donors (Lipinski definition) is 2. The Balaban J connectivity index is 2.71. The number of halogens is 1. The lowest BCUT2D eigenvalue weighted by molar-refractivity contribution is 0.0694. The standard InChI is InChI=1S/C11H12BrNO2/c1-11(2)5-13-8-4-6(12)3-7(9(8)11)10(14)15/h3-4,13H,5H2,1-2H3,(H,14,15). The van der Waals surface area contributed by atoms with Gasteiger partial charge in [-0.2, -0.15) is 0 Å². The van der Waals surface area contributed by atoms with E-state index in [0.717, 1.165) is 22.3 Å². The van der Waals surface area contributed by atoms with Crippen molar-refractivity contribution in [3.8, 4) is 0 Å². The maximum Gasteiger partial charge on any atom is 0.336 e. The molecule has 1 aliphatic rings. The van der Waals surface area contributed by atoms with Crippen molar-refractivity contribution in [2.24, 2.45) is 0 Å². The van der Waals surface area contributed by atoms with Crippen molar-refractivity contribution in [3.63, 3.8) is 0 Å². The summed E-state index contributed by atoms with van der Waals surface area (Å²) < 4.78 is 0.795. The molecule has 0 spiro atoms. The van der Waals surface area contributed by atoms with Crippen LogP contribution in [-0.2, 0) is 5.41 Å². The van der Waals surface area contributed by atoms with Crippen LogP contribution in [-0.4, -0.2) is 17.6 Å². The minimum Gasteiger partial charge on any atom is -0.478 e. The van der Waals surface area contributed by atoms with E-state index in [9.17, 15) is 4.79 Å². The predicted octanol–water partition coefficient (Wildman–Crippen LogP) is 2.85. The Morgan fingerprint density at radius 3 is 2.80 bits per heavy atom. The molecular weight excluding hydrogens is 258 g/mol. The second kappa shape index (κ2) is 3.23. The Kier molecular flexibility index (Phi) is 2.26. The van der Waals surface area contributed by atoms with Crippen molar-refractivity contribution in [1.82, 2.24) is 0 Å². The van der Waals surface area contributed by atoms with E-state index in [1.54, 1.807) is 6.07 Å². The lowest BCUT2D eigenvalue weighted by Crippen LogP contribution is -2.21. The fourth-order valence-corrected chi connectivity index (χ4v) is 2.51. The van der Waals surface area contributed by atoms with Crippen LogP contribution >= 0.6 is 15.9 Å². The summed E-state index contributed by atoms with van der Waals surface area (Å²) in [6.07, 6.45) is 0. The van der Waals surface area contributed by atoms with Crippen molar-refractivity contribution < 1.29 is 9.90 Å². The monoisotopic (exact) mass is 269 g/mol. The zero-order chi connectivity index (χ0) is 11.2. The number of benzene rings is 1. The minimum absolute atomic E-state index is 0.121. The summed E-state index contributed by atoms with van der Waals surface area (Å²) in [6.45, 7) is 4.87. The van der Waals surface area contributed by atoms with Crippen molar-refractivity contribution in [2.75, 3.05) is 11.9 Å². The highest BCUT2D eigenvalue weighted by Gasteiger charge is 2.34. The Morgan fingerprint density at radius 2 is 2.20 bits per heavy atom.